The number of para-hydroxylation sites is 1. The lowest BCUT2D eigenvalue weighted by atomic mass is 10.3. The van der Waals surface area contributed by atoms with Crippen LogP contribution in [0.15, 0.2) is 48.5 Å². The molecule has 0 bridgehead atoms. The second-order valence-corrected chi connectivity index (χ2v) is 6.84. The van der Waals surface area contributed by atoms with E-state index in [9.17, 15) is 4.79 Å². The van der Waals surface area contributed by atoms with Crippen molar-refractivity contribution in [3.8, 4) is 11.5 Å². The van der Waals surface area contributed by atoms with Crippen molar-refractivity contribution in [3.05, 3.63) is 53.5 Å². The standard InChI is InChI=1S/C20H22N2O3S/c1-2-24-15-9-11-16(12-10-15)25-14-19(23)21-13-5-8-20-22-17-6-3-4-7-18(17)26-20/h3-4,6-7,9-12H,2,5,8,13-14H2,1H3,(H,21,23). The molecule has 1 amide bonds. The molecule has 0 aliphatic rings. The highest BCUT2D eigenvalue weighted by atomic mass is 32.1. The van der Waals surface area contributed by atoms with E-state index in [1.54, 1.807) is 23.5 Å². The van der Waals surface area contributed by atoms with Crippen molar-refractivity contribution in [1.82, 2.24) is 10.3 Å². The first kappa shape index (κ1) is 18.2. The van der Waals surface area contributed by atoms with Crippen molar-refractivity contribution in [2.75, 3.05) is 19.8 Å². The normalized spacial score (nSPS) is 10.7. The number of hydrogen-bond donors (Lipinski definition) is 1. The Morgan fingerprint density at radius 3 is 2.54 bits per heavy atom. The minimum Gasteiger partial charge on any atom is -0.494 e. The van der Waals surface area contributed by atoms with Gasteiger partial charge in [-0.05, 0) is 49.7 Å². The van der Waals surface area contributed by atoms with Gasteiger partial charge in [0.15, 0.2) is 6.61 Å². The van der Waals surface area contributed by atoms with Crippen molar-refractivity contribution in [3.63, 3.8) is 0 Å². The average Bonchev–Trinajstić information content (AvgIpc) is 3.08. The topological polar surface area (TPSA) is 60.5 Å². The quantitative estimate of drug-likeness (QED) is 0.582. The van der Waals surface area contributed by atoms with E-state index in [4.69, 9.17) is 9.47 Å². The predicted molar refractivity (Wildman–Crippen MR) is 104 cm³/mol. The van der Waals surface area contributed by atoms with Crippen molar-refractivity contribution in [1.29, 1.82) is 0 Å². The van der Waals surface area contributed by atoms with Gasteiger partial charge in [-0.3, -0.25) is 4.79 Å². The smallest absolute Gasteiger partial charge is 0.257 e. The number of carbonyl (C=O) groups excluding carboxylic acids is 1. The minimum absolute atomic E-state index is 0.00905. The molecule has 1 aromatic heterocycles. The molecule has 2 aromatic carbocycles. The molecule has 1 N–H and O–H groups in total. The summed E-state index contributed by atoms with van der Waals surface area (Å²) in [5.41, 5.74) is 1.04. The summed E-state index contributed by atoms with van der Waals surface area (Å²) in [5, 5.41) is 3.98. The van der Waals surface area contributed by atoms with Gasteiger partial charge >= 0.3 is 0 Å². The van der Waals surface area contributed by atoms with Gasteiger partial charge in [0.25, 0.3) is 5.91 Å². The van der Waals surface area contributed by atoms with E-state index in [2.05, 4.69) is 16.4 Å². The Morgan fingerprint density at radius 1 is 1.08 bits per heavy atom. The second-order valence-electron chi connectivity index (χ2n) is 5.72. The number of nitrogens with zero attached hydrogens (tertiary/aromatic N) is 1. The molecule has 0 fully saturated rings. The molecule has 26 heavy (non-hydrogen) atoms. The average molecular weight is 370 g/mol. The Balaban J connectivity index is 1.34. The van der Waals surface area contributed by atoms with E-state index < -0.39 is 0 Å². The number of rotatable bonds is 9. The Kier molecular flexibility index (Phi) is 6.44. The Morgan fingerprint density at radius 2 is 1.81 bits per heavy atom. The molecule has 0 aliphatic carbocycles. The maximum atomic E-state index is 11.9. The fourth-order valence-corrected chi connectivity index (χ4v) is 3.50. The van der Waals surface area contributed by atoms with Crippen LogP contribution in [0.1, 0.15) is 18.4 Å². The Labute approximate surface area is 157 Å². The van der Waals surface area contributed by atoms with Crippen LogP contribution in [-0.4, -0.2) is 30.6 Å². The largest absolute Gasteiger partial charge is 0.494 e. The molecule has 0 radical (unpaired) electrons. The summed E-state index contributed by atoms with van der Waals surface area (Å²) < 4.78 is 12.1. The number of nitrogens with one attached hydrogen (secondary N) is 1. The zero-order valence-electron chi connectivity index (χ0n) is 14.7. The maximum absolute atomic E-state index is 11.9. The highest BCUT2D eigenvalue weighted by Crippen LogP contribution is 2.22. The Hall–Kier alpha value is -2.60. The van der Waals surface area contributed by atoms with Crippen LogP contribution in [-0.2, 0) is 11.2 Å². The van der Waals surface area contributed by atoms with Gasteiger partial charge in [-0.2, -0.15) is 0 Å². The fraction of sp³-hybridized carbons (Fsp3) is 0.300. The number of aryl methyl sites for hydroxylation is 1. The lowest BCUT2D eigenvalue weighted by molar-refractivity contribution is -0.123. The third-order valence-electron chi connectivity index (χ3n) is 3.73. The number of fused-ring (bicyclic) bond motifs is 1. The molecule has 0 saturated carbocycles. The zero-order chi connectivity index (χ0) is 18.2. The monoisotopic (exact) mass is 370 g/mol. The molecule has 0 unspecified atom stereocenters. The van der Waals surface area contributed by atoms with Gasteiger partial charge in [0.05, 0.1) is 21.8 Å². The third kappa shape index (κ3) is 5.20. The minimum atomic E-state index is -0.122. The van der Waals surface area contributed by atoms with E-state index >= 15 is 0 Å². The second kappa shape index (κ2) is 9.20. The van der Waals surface area contributed by atoms with Crippen LogP contribution in [0.3, 0.4) is 0 Å². The first-order valence-corrected chi connectivity index (χ1v) is 9.53. The van der Waals surface area contributed by atoms with Crippen molar-refractivity contribution >= 4 is 27.5 Å². The molecule has 136 valence electrons. The zero-order valence-corrected chi connectivity index (χ0v) is 15.6. The van der Waals surface area contributed by atoms with Crippen LogP contribution >= 0.6 is 11.3 Å². The number of thiazole rings is 1. The van der Waals surface area contributed by atoms with E-state index in [0.29, 0.717) is 18.9 Å². The number of ether oxygens (including phenoxy) is 2. The SMILES string of the molecule is CCOc1ccc(OCC(=O)NCCCc2nc3ccccc3s2)cc1. The number of carbonyl (C=O) groups is 1. The third-order valence-corrected chi connectivity index (χ3v) is 4.83. The summed E-state index contributed by atoms with van der Waals surface area (Å²) in [7, 11) is 0. The molecule has 0 atom stereocenters. The van der Waals surface area contributed by atoms with Gasteiger partial charge < -0.3 is 14.8 Å². The number of aromatic nitrogens is 1. The van der Waals surface area contributed by atoms with Crippen molar-refractivity contribution in [2.24, 2.45) is 0 Å². The van der Waals surface area contributed by atoms with Crippen molar-refractivity contribution < 1.29 is 14.3 Å². The molecule has 0 saturated heterocycles. The number of amides is 1. The first-order chi connectivity index (χ1) is 12.7. The summed E-state index contributed by atoms with van der Waals surface area (Å²) >= 11 is 1.71. The van der Waals surface area contributed by atoms with E-state index in [1.807, 2.05) is 37.3 Å². The van der Waals surface area contributed by atoms with Gasteiger partial charge in [-0.25, -0.2) is 4.98 Å². The molecule has 6 heteroatoms. The number of benzene rings is 2. The Bertz CT molecular complexity index is 813. The summed E-state index contributed by atoms with van der Waals surface area (Å²) in [6.07, 6.45) is 1.72. The molecule has 5 nitrogen and oxygen atoms in total. The van der Waals surface area contributed by atoms with Crippen LogP contribution in [0.4, 0.5) is 0 Å². The van der Waals surface area contributed by atoms with E-state index in [-0.39, 0.29) is 12.5 Å². The van der Waals surface area contributed by atoms with Crippen LogP contribution in [0.2, 0.25) is 0 Å². The molecule has 3 aromatic rings. The summed E-state index contributed by atoms with van der Waals surface area (Å²) in [5.74, 6) is 1.32. The van der Waals surface area contributed by atoms with E-state index in [0.717, 1.165) is 29.1 Å². The van der Waals surface area contributed by atoms with Gasteiger partial charge in [-0.1, -0.05) is 12.1 Å². The lowest BCUT2D eigenvalue weighted by Crippen LogP contribution is -2.29. The van der Waals surface area contributed by atoms with Gasteiger partial charge in [0.1, 0.15) is 11.5 Å². The summed E-state index contributed by atoms with van der Waals surface area (Å²) in [4.78, 5) is 16.5. The maximum Gasteiger partial charge on any atom is 0.257 e. The summed E-state index contributed by atoms with van der Waals surface area (Å²) in [6, 6.07) is 15.4. The summed E-state index contributed by atoms with van der Waals surface area (Å²) in [6.45, 7) is 3.18. The molecule has 0 spiro atoms. The molecule has 0 aliphatic heterocycles. The van der Waals surface area contributed by atoms with Gasteiger partial charge in [0.2, 0.25) is 0 Å². The van der Waals surface area contributed by atoms with Gasteiger partial charge in [-0.15, -0.1) is 11.3 Å². The van der Waals surface area contributed by atoms with Gasteiger partial charge in [0, 0.05) is 13.0 Å². The molecular formula is C20H22N2O3S. The number of hydrogen-bond acceptors (Lipinski definition) is 5. The fourth-order valence-electron chi connectivity index (χ4n) is 2.49. The van der Waals surface area contributed by atoms with Crippen LogP contribution in [0.5, 0.6) is 11.5 Å². The molecule has 1 heterocycles. The molecule has 3 rings (SSSR count). The van der Waals surface area contributed by atoms with E-state index in [1.165, 1.54) is 4.70 Å². The first-order valence-electron chi connectivity index (χ1n) is 8.71. The van der Waals surface area contributed by atoms with Crippen LogP contribution < -0.4 is 14.8 Å². The highest BCUT2D eigenvalue weighted by molar-refractivity contribution is 7.18. The van der Waals surface area contributed by atoms with Crippen LogP contribution in [0.25, 0.3) is 10.2 Å². The highest BCUT2D eigenvalue weighted by Gasteiger charge is 2.05. The van der Waals surface area contributed by atoms with Crippen molar-refractivity contribution in [2.45, 2.75) is 19.8 Å². The predicted octanol–water partition coefficient (Wildman–Crippen LogP) is 3.82. The lowest BCUT2D eigenvalue weighted by Gasteiger charge is -2.08. The molecular weight excluding hydrogens is 348 g/mol. The van der Waals surface area contributed by atoms with Crippen LogP contribution in [0, 0.1) is 0 Å².